The molecule has 0 N–H and O–H groups in total. The van der Waals surface area contributed by atoms with Gasteiger partial charge in [0.25, 0.3) is 0 Å². The minimum Gasteiger partial charge on any atom is -0.439 e. The van der Waals surface area contributed by atoms with Gasteiger partial charge in [0, 0.05) is 17.8 Å². The van der Waals surface area contributed by atoms with Gasteiger partial charge in [-0.2, -0.15) is 0 Å². The van der Waals surface area contributed by atoms with Crippen molar-refractivity contribution in [3.63, 3.8) is 0 Å². The maximum atomic E-state index is 12.0. The fourth-order valence-electron chi connectivity index (χ4n) is 1.35. The number of ether oxygens (including phenoxy) is 2. The van der Waals surface area contributed by atoms with Crippen LogP contribution in [0.1, 0.15) is 10.4 Å². The molecule has 0 spiro atoms. The number of halogens is 3. The summed E-state index contributed by atoms with van der Waals surface area (Å²) in [5.41, 5.74) is 0.395. The molecule has 0 bridgehead atoms. The van der Waals surface area contributed by atoms with Crippen LogP contribution in [0, 0.1) is 0 Å². The van der Waals surface area contributed by atoms with Crippen LogP contribution in [-0.4, -0.2) is 17.6 Å². The highest BCUT2D eigenvalue weighted by Crippen LogP contribution is 2.26. The first-order chi connectivity index (χ1) is 9.46. The molecular formula is C13H8F3NO3. The normalized spacial score (nSPS) is 10.9. The van der Waals surface area contributed by atoms with Crippen LogP contribution in [0.4, 0.5) is 13.2 Å². The van der Waals surface area contributed by atoms with E-state index in [9.17, 15) is 18.0 Å². The van der Waals surface area contributed by atoms with Gasteiger partial charge in [-0.05, 0) is 30.3 Å². The van der Waals surface area contributed by atoms with Crippen molar-refractivity contribution in [2.24, 2.45) is 0 Å². The Balaban J connectivity index is 2.04. The van der Waals surface area contributed by atoms with Crippen LogP contribution < -0.4 is 9.47 Å². The molecule has 0 aliphatic rings. The highest BCUT2D eigenvalue weighted by molar-refractivity contribution is 5.74. The fourth-order valence-corrected chi connectivity index (χ4v) is 1.35. The molecule has 0 saturated carbocycles. The van der Waals surface area contributed by atoms with Crippen LogP contribution in [0.15, 0.2) is 42.6 Å². The zero-order chi connectivity index (χ0) is 14.6. The molecule has 0 amide bonds. The summed E-state index contributed by atoms with van der Waals surface area (Å²) in [4.78, 5) is 14.3. The number of pyridine rings is 1. The summed E-state index contributed by atoms with van der Waals surface area (Å²) in [6.07, 6.45) is -2.77. The summed E-state index contributed by atoms with van der Waals surface area (Å²) in [5.74, 6) is 0.181. The second kappa shape index (κ2) is 5.60. The van der Waals surface area contributed by atoms with Gasteiger partial charge in [0.2, 0.25) is 5.88 Å². The van der Waals surface area contributed by atoms with E-state index >= 15 is 0 Å². The largest absolute Gasteiger partial charge is 0.573 e. The van der Waals surface area contributed by atoms with Gasteiger partial charge in [-0.25, -0.2) is 4.98 Å². The van der Waals surface area contributed by atoms with Crippen LogP contribution in [0.5, 0.6) is 17.4 Å². The molecular weight excluding hydrogens is 275 g/mol. The molecule has 0 radical (unpaired) electrons. The van der Waals surface area contributed by atoms with Crippen molar-refractivity contribution in [1.29, 1.82) is 0 Å². The van der Waals surface area contributed by atoms with Crippen molar-refractivity contribution in [3.8, 4) is 17.4 Å². The molecule has 104 valence electrons. The quantitative estimate of drug-likeness (QED) is 0.805. The molecule has 0 aliphatic heterocycles. The molecule has 1 aromatic carbocycles. The molecule has 1 aromatic heterocycles. The van der Waals surface area contributed by atoms with Gasteiger partial charge < -0.3 is 9.47 Å². The second-order valence-electron chi connectivity index (χ2n) is 3.67. The van der Waals surface area contributed by atoms with Gasteiger partial charge in [-0.1, -0.05) is 0 Å². The highest BCUT2D eigenvalue weighted by Gasteiger charge is 2.30. The number of carbonyl (C=O) groups is 1. The van der Waals surface area contributed by atoms with E-state index in [0.717, 1.165) is 12.1 Å². The lowest BCUT2D eigenvalue weighted by Gasteiger charge is -2.09. The Labute approximate surface area is 111 Å². The molecule has 20 heavy (non-hydrogen) atoms. The first-order valence-corrected chi connectivity index (χ1v) is 5.41. The third-order valence-corrected chi connectivity index (χ3v) is 2.18. The Morgan fingerprint density at radius 3 is 2.15 bits per heavy atom. The first kappa shape index (κ1) is 13.9. The summed E-state index contributed by atoms with van der Waals surface area (Å²) in [5, 5.41) is 0. The van der Waals surface area contributed by atoms with E-state index in [1.165, 1.54) is 30.5 Å². The third kappa shape index (κ3) is 3.98. The lowest BCUT2D eigenvalue weighted by molar-refractivity contribution is -0.274. The summed E-state index contributed by atoms with van der Waals surface area (Å²) >= 11 is 0. The summed E-state index contributed by atoms with van der Waals surface area (Å²) in [7, 11) is 0. The topological polar surface area (TPSA) is 48.4 Å². The molecule has 2 rings (SSSR count). The number of hydrogen-bond donors (Lipinski definition) is 0. The number of carbonyl (C=O) groups excluding carboxylic acids is 1. The average Bonchev–Trinajstić information content (AvgIpc) is 2.40. The fraction of sp³-hybridized carbons (Fsp3) is 0.0769. The molecule has 0 aliphatic carbocycles. The number of alkyl halides is 3. The molecule has 0 saturated heterocycles. The predicted molar refractivity (Wildman–Crippen MR) is 62.8 cm³/mol. The molecule has 0 unspecified atom stereocenters. The van der Waals surface area contributed by atoms with Gasteiger partial charge >= 0.3 is 6.36 Å². The molecule has 1 heterocycles. The van der Waals surface area contributed by atoms with Crippen LogP contribution in [0.2, 0.25) is 0 Å². The average molecular weight is 283 g/mol. The molecule has 0 fully saturated rings. The standard InChI is InChI=1S/C13H8F3NO3/c14-13(15,16)20-11-4-2-10(3-5-11)19-12-6-1-9(8-18)7-17-12/h1-8H. The lowest BCUT2D eigenvalue weighted by Crippen LogP contribution is -2.16. The van der Waals surface area contributed by atoms with Crippen molar-refractivity contribution >= 4 is 6.29 Å². The van der Waals surface area contributed by atoms with Crippen LogP contribution in [0.3, 0.4) is 0 Å². The highest BCUT2D eigenvalue weighted by atomic mass is 19.4. The van der Waals surface area contributed by atoms with E-state index in [2.05, 4.69) is 9.72 Å². The Morgan fingerprint density at radius 1 is 1.00 bits per heavy atom. The molecule has 0 atom stereocenters. The Morgan fingerprint density at radius 2 is 1.65 bits per heavy atom. The Kier molecular flexibility index (Phi) is 3.88. The third-order valence-electron chi connectivity index (χ3n) is 2.18. The maximum Gasteiger partial charge on any atom is 0.573 e. The first-order valence-electron chi connectivity index (χ1n) is 5.41. The molecule has 4 nitrogen and oxygen atoms in total. The zero-order valence-electron chi connectivity index (χ0n) is 9.92. The van der Waals surface area contributed by atoms with E-state index < -0.39 is 6.36 Å². The minimum absolute atomic E-state index is 0.222. The summed E-state index contributed by atoms with van der Waals surface area (Å²) in [6.45, 7) is 0. The van der Waals surface area contributed by atoms with Crippen molar-refractivity contribution in [2.45, 2.75) is 6.36 Å². The van der Waals surface area contributed by atoms with Crippen molar-refractivity contribution in [2.75, 3.05) is 0 Å². The van der Waals surface area contributed by atoms with E-state index in [4.69, 9.17) is 4.74 Å². The van der Waals surface area contributed by atoms with Crippen molar-refractivity contribution in [1.82, 2.24) is 4.98 Å². The Bertz CT molecular complexity index is 579. The van der Waals surface area contributed by atoms with E-state index in [1.807, 2.05) is 0 Å². The van der Waals surface area contributed by atoms with Crippen LogP contribution in [-0.2, 0) is 0 Å². The lowest BCUT2D eigenvalue weighted by atomic mass is 10.3. The van der Waals surface area contributed by atoms with E-state index in [0.29, 0.717) is 17.6 Å². The van der Waals surface area contributed by atoms with Crippen LogP contribution >= 0.6 is 0 Å². The Hall–Kier alpha value is -2.57. The zero-order valence-corrected chi connectivity index (χ0v) is 9.92. The maximum absolute atomic E-state index is 12.0. The van der Waals surface area contributed by atoms with Gasteiger partial charge in [0.15, 0.2) is 6.29 Å². The number of aromatic nitrogens is 1. The van der Waals surface area contributed by atoms with Gasteiger partial charge in [-0.3, -0.25) is 4.79 Å². The van der Waals surface area contributed by atoms with Crippen molar-refractivity contribution in [3.05, 3.63) is 48.2 Å². The van der Waals surface area contributed by atoms with E-state index in [1.54, 1.807) is 0 Å². The monoisotopic (exact) mass is 283 g/mol. The second-order valence-corrected chi connectivity index (χ2v) is 3.67. The van der Waals surface area contributed by atoms with Crippen LogP contribution in [0.25, 0.3) is 0 Å². The smallest absolute Gasteiger partial charge is 0.439 e. The van der Waals surface area contributed by atoms with Crippen molar-refractivity contribution < 1.29 is 27.4 Å². The summed E-state index contributed by atoms with van der Waals surface area (Å²) < 4.78 is 44.9. The van der Waals surface area contributed by atoms with Gasteiger partial charge in [0.05, 0.1) is 0 Å². The number of aldehydes is 1. The molecule has 7 heteroatoms. The number of rotatable bonds is 4. The SMILES string of the molecule is O=Cc1ccc(Oc2ccc(OC(F)(F)F)cc2)nc1. The number of benzene rings is 1. The van der Waals surface area contributed by atoms with E-state index in [-0.39, 0.29) is 11.6 Å². The summed E-state index contributed by atoms with van der Waals surface area (Å²) in [6, 6.07) is 7.87. The van der Waals surface area contributed by atoms with Gasteiger partial charge in [0.1, 0.15) is 11.5 Å². The predicted octanol–water partition coefficient (Wildman–Crippen LogP) is 3.59. The molecule has 2 aromatic rings. The van der Waals surface area contributed by atoms with Gasteiger partial charge in [-0.15, -0.1) is 13.2 Å². The number of hydrogen-bond acceptors (Lipinski definition) is 4. The number of nitrogens with zero attached hydrogens (tertiary/aromatic N) is 1. The minimum atomic E-state index is -4.73.